The highest BCUT2D eigenvalue weighted by Crippen LogP contribution is 2.22. The fourth-order valence-electron chi connectivity index (χ4n) is 1.95. The number of hydrogen-bond donors (Lipinski definition) is 2. The third-order valence-electron chi connectivity index (χ3n) is 2.85. The molecule has 0 spiro atoms. The molecule has 4 rings (SSSR count). The number of imidazole rings is 1. The molecule has 0 aliphatic heterocycles. The van der Waals surface area contributed by atoms with E-state index in [1.54, 1.807) is 0 Å². The van der Waals surface area contributed by atoms with E-state index in [1.807, 2.05) is 24.3 Å². The molecule has 3 heterocycles. The topological polar surface area (TPSA) is 111 Å². The summed E-state index contributed by atoms with van der Waals surface area (Å²) in [6, 6.07) is 7.69. The van der Waals surface area contributed by atoms with E-state index in [9.17, 15) is 0 Å². The average molecular weight is 252 g/mol. The molecule has 0 aliphatic rings. The van der Waals surface area contributed by atoms with Crippen LogP contribution in [0.15, 0.2) is 30.6 Å². The van der Waals surface area contributed by atoms with Gasteiger partial charge in [0.05, 0.1) is 11.0 Å². The number of rotatable bonds is 1. The molecule has 0 atom stereocenters. The van der Waals surface area contributed by atoms with E-state index in [0.717, 1.165) is 11.0 Å². The maximum atomic E-state index is 6.02. The third kappa shape index (κ3) is 1.36. The zero-order valence-corrected chi connectivity index (χ0v) is 9.65. The number of fused-ring (bicyclic) bond motifs is 2. The minimum atomic E-state index is 0.349. The van der Waals surface area contributed by atoms with Gasteiger partial charge in [0, 0.05) is 0 Å². The van der Waals surface area contributed by atoms with Crippen LogP contribution in [0.4, 0.5) is 5.82 Å². The van der Waals surface area contributed by atoms with E-state index in [4.69, 9.17) is 5.73 Å². The molecule has 0 aliphatic carbocycles. The SMILES string of the molecule is Nc1c(-c2nc3ccccc3[nH]2)nnc2ncnn12. The van der Waals surface area contributed by atoms with Crippen molar-refractivity contribution in [2.75, 3.05) is 5.73 Å². The molecule has 19 heavy (non-hydrogen) atoms. The number of nitrogens with one attached hydrogen (secondary N) is 1. The first-order valence-electron chi connectivity index (χ1n) is 5.60. The van der Waals surface area contributed by atoms with Crippen LogP contribution in [0.25, 0.3) is 28.3 Å². The van der Waals surface area contributed by atoms with Crippen molar-refractivity contribution in [1.29, 1.82) is 0 Å². The molecule has 8 nitrogen and oxygen atoms in total. The molecule has 0 amide bonds. The maximum absolute atomic E-state index is 6.02. The number of aromatic amines is 1. The molecule has 3 N–H and O–H groups in total. The van der Waals surface area contributed by atoms with Gasteiger partial charge in [-0.1, -0.05) is 12.1 Å². The van der Waals surface area contributed by atoms with Crippen LogP contribution in [0, 0.1) is 0 Å². The molecule has 0 fully saturated rings. The van der Waals surface area contributed by atoms with Gasteiger partial charge in [-0.15, -0.1) is 10.2 Å². The summed E-state index contributed by atoms with van der Waals surface area (Å²) in [5, 5.41) is 12.0. The molecule has 1 aromatic carbocycles. The van der Waals surface area contributed by atoms with Crippen LogP contribution >= 0.6 is 0 Å². The van der Waals surface area contributed by atoms with E-state index in [-0.39, 0.29) is 0 Å². The Balaban J connectivity index is 2.00. The van der Waals surface area contributed by atoms with Gasteiger partial charge in [0.2, 0.25) is 0 Å². The Morgan fingerprint density at radius 3 is 2.95 bits per heavy atom. The third-order valence-corrected chi connectivity index (χ3v) is 2.85. The molecule has 0 bridgehead atoms. The van der Waals surface area contributed by atoms with Crippen molar-refractivity contribution in [2.24, 2.45) is 0 Å². The number of nitrogens with zero attached hydrogens (tertiary/aromatic N) is 6. The van der Waals surface area contributed by atoms with E-state index >= 15 is 0 Å². The number of nitrogens with two attached hydrogens (primary N) is 1. The summed E-state index contributed by atoms with van der Waals surface area (Å²) >= 11 is 0. The van der Waals surface area contributed by atoms with Gasteiger partial charge in [-0.3, -0.25) is 0 Å². The molecule has 3 aromatic heterocycles. The highest BCUT2D eigenvalue weighted by Gasteiger charge is 2.14. The fourth-order valence-corrected chi connectivity index (χ4v) is 1.95. The highest BCUT2D eigenvalue weighted by molar-refractivity contribution is 5.80. The Morgan fingerprint density at radius 2 is 2.05 bits per heavy atom. The molecule has 0 unspecified atom stereocenters. The van der Waals surface area contributed by atoms with Gasteiger partial charge in [0.15, 0.2) is 17.3 Å². The van der Waals surface area contributed by atoms with Crippen molar-refractivity contribution < 1.29 is 0 Å². The second kappa shape index (κ2) is 3.48. The monoisotopic (exact) mass is 252 g/mol. The smallest absolute Gasteiger partial charge is 0.273 e. The lowest BCUT2D eigenvalue weighted by molar-refractivity contribution is 0.899. The summed E-state index contributed by atoms with van der Waals surface area (Å²) in [5.41, 5.74) is 8.23. The van der Waals surface area contributed by atoms with E-state index in [2.05, 4.69) is 30.2 Å². The van der Waals surface area contributed by atoms with Crippen molar-refractivity contribution in [3.05, 3.63) is 30.6 Å². The van der Waals surface area contributed by atoms with Gasteiger partial charge in [-0.25, -0.2) is 4.98 Å². The van der Waals surface area contributed by atoms with Crippen LogP contribution in [-0.2, 0) is 0 Å². The first-order chi connectivity index (χ1) is 9.33. The first kappa shape index (κ1) is 9.95. The standard InChI is InChI=1S/C11H8N8/c12-9-8(17-18-11-13-5-14-19(9)11)10-15-6-3-1-2-4-7(6)16-10/h1-5H,12H2,(H,15,16). The molecule has 4 aromatic rings. The highest BCUT2D eigenvalue weighted by atomic mass is 15.4. The van der Waals surface area contributed by atoms with Gasteiger partial charge in [0.1, 0.15) is 6.33 Å². The number of hydrogen-bond acceptors (Lipinski definition) is 6. The second-order valence-corrected chi connectivity index (χ2v) is 4.01. The van der Waals surface area contributed by atoms with Gasteiger partial charge in [0.25, 0.3) is 5.78 Å². The van der Waals surface area contributed by atoms with Gasteiger partial charge >= 0.3 is 0 Å². The van der Waals surface area contributed by atoms with E-state index in [1.165, 1.54) is 10.8 Å². The lowest BCUT2D eigenvalue weighted by Crippen LogP contribution is -2.06. The zero-order chi connectivity index (χ0) is 12.8. The largest absolute Gasteiger partial charge is 0.382 e. The Bertz CT molecular complexity index is 857. The number of para-hydroxylation sites is 2. The fraction of sp³-hybridized carbons (Fsp3) is 0. The first-order valence-corrected chi connectivity index (χ1v) is 5.60. The number of nitrogen functional groups attached to an aromatic ring is 1. The van der Waals surface area contributed by atoms with Crippen LogP contribution in [0.1, 0.15) is 0 Å². The number of benzene rings is 1. The summed E-state index contributed by atoms with van der Waals surface area (Å²) in [6.45, 7) is 0. The number of H-pyrrole nitrogens is 1. The van der Waals surface area contributed by atoms with Gasteiger partial charge in [-0.05, 0) is 12.1 Å². The minimum absolute atomic E-state index is 0.349. The van der Waals surface area contributed by atoms with Crippen molar-refractivity contribution >= 4 is 22.6 Å². The quantitative estimate of drug-likeness (QED) is 0.514. The summed E-state index contributed by atoms with van der Waals surface area (Å²) < 4.78 is 1.43. The van der Waals surface area contributed by atoms with Crippen molar-refractivity contribution in [3.8, 4) is 11.5 Å². The Hall–Kier alpha value is -3.03. The summed E-state index contributed by atoms with van der Waals surface area (Å²) in [5.74, 6) is 1.27. The molecule has 8 heteroatoms. The number of anilines is 1. The number of aromatic nitrogens is 7. The van der Waals surface area contributed by atoms with Crippen LogP contribution in [-0.4, -0.2) is 34.8 Å². The molecule has 0 saturated carbocycles. The molecular weight excluding hydrogens is 244 g/mol. The van der Waals surface area contributed by atoms with Crippen molar-refractivity contribution in [3.63, 3.8) is 0 Å². The lowest BCUT2D eigenvalue weighted by atomic mass is 10.3. The Labute approximate surface area is 106 Å². The second-order valence-electron chi connectivity index (χ2n) is 4.01. The predicted molar refractivity (Wildman–Crippen MR) is 68.1 cm³/mol. The maximum Gasteiger partial charge on any atom is 0.273 e. The Kier molecular flexibility index (Phi) is 1.82. The van der Waals surface area contributed by atoms with Crippen LogP contribution in [0.5, 0.6) is 0 Å². The summed E-state index contributed by atoms with van der Waals surface area (Å²) in [4.78, 5) is 11.5. The molecule has 0 saturated heterocycles. The van der Waals surface area contributed by atoms with Gasteiger partial charge in [-0.2, -0.15) is 14.6 Å². The predicted octanol–water partition coefficient (Wildman–Crippen LogP) is 0.645. The molecule has 0 radical (unpaired) electrons. The molecular formula is C11H8N8. The van der Waals surface area contributed by atoms with E-state index < -0.39 is 0 Å². The van der Waals surface area contributed by atoms with Crippen molar-refractivity contribution in [2.45, 2.75) is 0 Å². The van der Waals surface area contributed by atoms with E-state index in [0.29, 0.717) is 23.1 Å². The zero-order valence-electron chi connectivity index (χ0n) is 9.65. The lowest BCUT2D eigenvalue weighted by Gasteiger charge is -2.01. The summed E-state index contributed by atoms with van der Waals surface area (Å²) in [6.07, 6.45) is 1.38. The normalized spacial score (nSPS) is 11.4. The minimum Gasteiger partial charge on any atom is -0.382 e. The van der Waals surface area contributed by atoms with Crippen LogP contribution < -0.4 is 5.73 Å². The van der Waals surface area contributed by atoms with Crippen molar-refractivity contribution in [1.82, 2.24) is 34.8 Å². The summed E-state index contributed by atoms with van der Waals surface area (Å²) in [7, 11) is 0. The molecule has 92 valence electrons. The van der Waals surface area contributed by atoms with Crippen LogP contribution in [0.3, 0.4) is 0 Å². The van der Waals surface area contributed by atoms with Gasteiger partial charge < -0.3 is 10.7 Å². The Morgan fingerprint density at radius 1 is 1.16 bits per heavy atom. The average Bonchev–Trinajstić information content (AvgIpc) is 3.05. The van der Waals surface area contributed by atoms with Crippen LogP contribution in [0.2, 0.25) is 0 Å².